The highest BCUT2D eigenvalue weighted by atomic mass is 32.2. The summed E-state index contributed by atoms with van der Waals surface area (Å²) >= 11 is 1.21. The Morgan fingerprint density at radius 3 is 2.78 bits per heavy atom. The van der Waals surface area contributed by atoms with Gasteiger partial charge in [-0.1, -0.05) is 0 Å². The minimum atomic E-state index is -0.0572. The van der Waals surface area contributed by atoms with Crippen molar-refractivity contribution in [1.82, 2.24) is 4.57 Å². The van der Waals surface area contributed by atoms with E-state index < -0.39 is 0 Å². The number of benzene rings is 1. The second kappa shape index (κ2) is 6.68. The Kier molecular flexibility index (Phi) is 4.63. The molecule has 6 heteroatoms. The average molecular weight is 332 g/mol. The SMILES string of the molecule is CSN(O)c1ccc(OCC2CC2)c(-c2ccc(=O)n(C)c2)c1. The molecule has 1 aliphatic rings. The Morgan fingerprint density at radius 1 is 1.35 bits per heavy atom. The van der Waals surface area contributed by atoms with Crippen LogP contribution in [0.25, 0.3) is 11.1 Å². The number of pyridine rings is 1. The number of aryl methyl sites for hydroxylation is 1. The van der Waals surface area contributed by atoms with Crippen molar-refractivity contribution >= 4 is 17.6 Å². The predicted octanol–water partition coefficient (Wildman–Crippen LogP) is 3.31. The number of hydrogen-bond donors (Lipinski definition) is 1. The maximum Gasteiger partial charge on any atom is 0.250 e. The van der Waals surface area contributed by atoms with Gasteiger partial charge in [-0.25, -0.2) is 0 Å². The van der Waals surface area contributed by atoms with Gasteiger partial charge in [-0.3, -0.25) is 10.0 Å². The predicted molar refractivity (Wildman–Crippen MR) is 93.1 cm³/mol. The molecule has 2 aromatic rings. The lowest BCUT2D eigenvalue weighted by Crippen LogP contribution is -2.14. The summed E-state index contributed by atoms with van der Waals surface area (Å²) < 4.78 is 8.61. The third kappa shape index (κ3) is 3.71. The lowest BCUT2D eigenvalue weighted by molar-refractivity contribution is 0.300. The molecule has 122 valence electrons. The summed E-state index contributed by atoms with van der Waals surface area (Å²) in [6.07, 6.45) is 6.03. The summed E-state index contributed by atoms with van der Waals surface area (Å²) in [5, 5.41) is 9.92. The van der Waals surface area contributed by atoms with Crippen LogP contribution in [0.3, 0.4) is 0 Å². The van der Waals surface area contributed by atoms with E-state index in [0.717, 1.165) is 21.3 Å². The van der Waals surface area contributed by atoms with E-state index in [4.69, 9.17) is 4.74 Å². The fourth-order valence-corrected chi connectivity index (χ4v) is 2.66. The van der Waals surface area contributed by atoms with Crippen LogP contribution in [0.1, 0.15) is 12.8 Å². The van der Waals surface area contributed by atoms with Crippen LogP contribution in [0.2, 0.25) is 0 Å². The summed E-state index contributed by atoms with van der Waals surface area (Å²) in [6, 6.07) is 8.89. The van der Waals surface area contributed by atoms with Gasteiger partial charge in [0.1, 0.15) is 5.75 Å². The monoisotopic (exact) mass is 332 g/mol. The Hall–Kier alpha value is -1.92. The first-order chi connectivity index (χ1) is 11.1. The van der Waals surface area contributed by atoms with Crippen LogP contribution in [-0.2, 0) is 7.05 Å². The Bertz CT molecular complexity index is 756. The largest absolute Gasteiger partial charge is 0.493 e. The molecule has 1 aromatic heterocycles. The van der Waals surface area contributed by atoms with Gasteiger partial charge in [-0.05, 0) is 55.0 Å². The molecule has 0 atom stereocenters. The van der Waals surface area contributed by atoms with Crippen molar-refractivity contribution in [2.75, 3.05) is 17.3 Å². The average Bonchev–Trinajstić information content (AvgIpc) is 3.39. The second-order valence-electron chi connectivity index (χ2n) is 5.76. The van der Waals surface area contributed by atoms with Crippen molar-refractivity contribution in [2.45, 2.75) is 12.8 Å². The van der Waals surface area contributed by atoms with Gasteiger partial charge in [-0.15, -0.1) is 0 Å². The third-order valence-electron chi connectivity index (χ3n) is 3.93. The molecule has 3 rings (SSSR count). The molecule has 1 saturated carbocycles. The van der Waals surface area contributed by atoms with E-state index in [-0.39, 0.29) is 5.56 Å². The summed E-state index contributed by atoms with van der Waals surface area (Å²) in [5.74, 6) is 1.43. The molecule has 1 N–H and O–H groups in total. The molecule has 0 radical (unpaired) electrons. The van der Waals surface area contributed by atoms with E-state index >= 15 is 0 Å². The number of aromatic nitrogens is 1. The van der Waals surface area contributed by atoms with Crippen LogP contribution in [0.5, 0.6) is 5.75 Å². The van der Waals surface area contributed by atoms with Gasteiger partial charge in [-0.2, -0.15) is 4.47 Å². The number of hydrogen-bond acceptors (Lipinski definition) is 5. The topological polar surface area (TPSA) is 54.7 Å². The van der Waals surface area contributed by atoms with Gasteiger partial charge in [0, 0.05) is 36.7 Å². The van der Waals surface area contributed by atoms with Crippen molar-refractivity contribution in [3.05, 3.63) is 46.9 Å². The molecular weight excluding hydrogens is 312 g/mol. The van der Waals surface area contributed by atoms with Gasteiger partial charge in [0.15, 0.2) is 0 Å². The van der Waals surface area contributed by atoms with Crippen LogP contribution in [0.4, 0.5) is 5.69 Å². The van der Waals surface area contributed by atoms with Crippen molar-refractivity contribution < 1.29 is 9.94 Å². The minimum Gasteiger partial charge on any atom is -0.493 e. The maximum atomic E-state index is 11.6. The minimum absolute atomic E-state index is 0.0572. The van der Waals surface area contributed by atoms with E-state index in [0.29, 0.717) is 18.2 Å². The molecule has 0 bridgehead atoms. The van der Waals surface area contributed by atoms with E-state index in [9.17, 15) is 10.0 Å². The lowest BCUT2D eigenvalue weighted by atomic mass is 10.1. The van der Waals surface area contributed by atoms with Gasteiger partial charge in [0.25, 0.3) is 0 Å². The molecule has 5 nitrogen and oxygen atoms in total. The van der Waals surface area contributed by atoms with E-state index in [1.807, 2.05) is 18.2 Å². The third-order valence-corrected chi connectivity index (χ3v) is 4.48. The first-order valence-electron chi connectivity index (χ1n) is 7.55. The summed E-state index contributed by atoms with van der Waals surface area (Å²) in [4.78, 5) is 11.6. The van der Waals surface area contributed by atoms with Gasteiger partial charge >= 0.3 is 0 Å². The fraction of sp³-hybridized carbons (Fsp3) is 0.353. The standard InChI is InChI=1S/C17H20N2O3S/c1-18-10-13(5-8-17(18)20)15-9-14(19(21)23-2)6-7-16(15)22-11-12-3-4-12/h5-10,12,21H,3-4,11H2,1-2H3. The van der Waals surface area contributed by atoms with Crippen molar-refractivity contribution in [1.29, 1.82) is 0 Å². The Labute approximate surface area is 139 Å². The van der Waals surface area contributed by atoms with Gasteiger partial charge < -0.3 is 9.30 Å². The first-order valence-corrected chi connectivity index (χ1v) is 8.73. The van der Waals surface area contributed by atoms with E-state index in [1.165, 1.54) is 35.4 Å². The zero-order valence-corrected chi connectivity index (χ0v) is 14.0. The van der Waals surface area contributed by atoms with Crippen molar-refractivity contribution in [3.63, 3.8) is 0 Å². The molecule has 1 aromatic carbocycles. The summed E-state index contributed by atoms with van der Waals surface area (Å²) in [5.41, 5.74) is 2.36. The van der Waals surface area contributed by atoms with Gasteiger partial charge in [0.05, 0.1) is 12.3 Å². The fourth-order valence-electron chi connectivity index (χ4n) is 2.34. The van der Waals surface area contributed by atoms with Crippen LogP contribution in [0.15, 0.2) is 41.3 Å². The zero-order valence-electron chi connectivity index (χ0n) is 13.2. The Morgan fingerprint density at radius 2 is 2.13 bits per heavy atom. The normalized spacial score (nSPS) is 13.9. The highest BCUT2D eigenvalue weighted by molar-refractivity contribution is 7.99. The molecule has 1 aliphatic carbocycles. The molecule has 1 fully saturated rings. The molecule has 1 heterocycles. The van der Waals surface area contributed by atoms with E-state index in [1.54, 1.807) is 25.6 Å². The van der Waals surface area contributed by atoms with Gasteiger partial charge in [0.2, 0.25) is 5.56 Å². The van der Waals surface area contributed by atoms with Crippen molar-refractivity contribution in [2.24, 2.45) is 13.0 Å². The molecule has 0 saturated heterocycles. The molecular formula is C17H20N2O3S. The number of ether oxygens (including phenoxy) is 1. The Balaban J connectivity index is 2.00. The molecule has 0 aliphatic heterocycles. The smallest absolute Gasteiger partial charge is 0.250 e. The van der Waals surface area contributed by atoms with Crippen molar-refractivity contribution in [3.8, 4) is 16.9 Å². The highest BCUT2D eigenvalue weighted by Crippen LogP contribution is 2.36. The molecule has 23 heavy (non-hydrogen) atoms. The van der Waals surface area contributed by atoms with E-state index in [2.05, 4.69) is 0 Å². The van der Waals surface area contributed by atoms with Crippen LogP contribution >= 0.6 is 11.9 Å². The van der Waals surface area contributed by atoms with Crippen LogP contribution in [-0.4, -0.2) is 22.6 Å². The maximum absolute atomic E-state index is 11.6. The summed E-state index contributed by atoms with van der Waals surface area (Å²) in [7, 11) is 1.72. The molecule has 0 amide bonds. The molecule has 0 unspecified atom stereocenters. The molecule has 0 spiro atoms. The summed E-state index contributed by atoms with van der Waals surface area (Å²) in [6.45, 7) is 0.712. The van der Waals surface area contributed by atoms with Crippen LogP contribution in [0, 0.1) is 5.92 Å². The lowest BCUT2D eigenvalue weighted by Gasteiger charge is -2.17. The number of anilines is 1. The number of rotatable bonds is 6. The second-order valence-corrected chi connectivity index (χ2v) is 6.47. The quantitative estimate of drug-likeness (QED) is 0.650. The first kappa shape index (κ1) is 16.0. The van der Waals surface area contributed by atoms with Crippen LogP contribution < -0.4 is 14.8 Å². The zero-order chi connectivity index (χ0) is 16.4. The highest BCUT2D eigenvalue weighted by Gasteiger charge is 2.22. The number of nitrogens with zero attached hydrogens (tertiary/aromatic N) is 2.